The van der Waals surface area contributed by atoms with Gasteiger partial charge >= 0.3 is 0 Å². The molecule has 0 atom stereocenters. The zero-order valence-corrected chi connectivity index (χ0v) is 9.09. The Morgan fingerprint density at radius 3 is 2.94 bits per heavy atom. The van der Waals surface area contributed by atoms with Gasteiger partial charge in [0.15, 0.2) is 6.54 Å². The van der Waals surface area contributed by atoms with E-state index >= 15 is 0 Å². The molecule has 2 aromatic rings. The number of nitrogens with zero attached hydrogens (tertiary/aromatic N) is 2. The summed E-state index contributed by atoms with van der Waals surface area (Å²) in [5, 5.41) is 3.76. The third kappa shape index (κ3) is 2.31. The summed E-state index contributed by atoms with van der Waals surface area (Å²) in [4.78, 5) is 0. The van der Waals surface area contributed by atoms with Gasteiger partial charge in [-0.1, -0.05) is 22.9 Å². The van der Waals surface area contributed by atoms with Crippen LogP contribution in [0.15, 0.2) is 35.0 Å². The van der Waals surface area contributed by atoms with Crippen molar-refractivity contribution >= 4 is 5.88 Å². The number of hydrogen-bond acceptors (Lipinski definition) is 4. The predicted octanol–water partition coefficient (Wildman–Crippen LogP) is 0.796. The first kappa shape index (κ1) is 10.5. The van der Waals surface area contributed by atoms with Crippen LogP contribution in [0.1, 0.15) is 5.56 Å². The van der Waals surface area contributed by atoms with E-state index in [0.717, 1.165) is 17.7 Å². The van der Waals surface area contributed by atoms with Crippen LogP contribution in [0.5, 0.6) is 5.75 Å². The Morgan fingerprint density at radius 1 is 1.44 bits per heavy atom. The van der Waals surface area contributed by atoms with Gasteiger partial charge in [0.1, 0.15) is 5.75 Å². The highest BCUT2D eigenvalue weighted by Gasteiger charge is 2.10. The van der Waals surface area contributed by atoms with Gasteiger partial charge in [-0.25, -0.2) is 0 Å². The maximum Gasteiger partial charge on any atom is 0.293 e. The minimum atomic E-state index is 0.319. The van der Waals surface area contributed by atoms with Gasteiger partial charge in [0.2, 0.25) is 5.27 Å². The van der Waals surface area contributed by atoms with Crippen molar-refractivity contribution in [2.75, 3.05) is 12.8 Å². The van der Waals surface area contributed by atoms with Crippen LogP contribution in [0.4, 0.5) is 5.88 Å². The summed E-state index contributed by atoms with van der Waals surface area (Å²) < 4.78 is 11.7. The Labute approximate surface area is 93.4 Å². The summed E-state index contributed by atoms with van der Waals surface area (Å²) in [5.41, 5.74) is 6.57. The number of rotatable bonds is 4. The fourth-order valence-electron chi connectivity index (χ4n) is 1.54. The molecule has 0 aliphatic rings. The molecule has 0 bridgehead atoms. The van der Waals surface area contributed by atoms with Crippen LogP contribution >= 0.6 is 0 Å². The lowest BCUT2D eigenvalue weighted by molar-refractivity contribution is -0.761. The number of methoxy groups -OCH3 is 1. The molecule has 2 N–H and O–H groups in total. The number of nitrogen functional groups attached to an aromatic ring is 1. The molecule has 1 heterocycles. The van der Waals surface area contributed by atoms with Crippen molar-refractivity contribution in [3.63, 3.8) is 0 Å². The molecule has 5 heteroatoms. The molecule has 0 aliphatic heterocycles. The molecule has 0 saturated heterocycles. The van der Waals surface area contributed by atoms with Crippen LogP contribution in [0.2, 0.25) is 0 Å². The fraction of sp³-hybridized carbons (Fsp3) is 0.273. The van der Waals surface area contributed by atoms with E-state index in [1.807, 2.05) is 24.3 Å². The van der Waals surface area contributed by atoms with E-state index < -0.39 is 0 Å². The largest absolute Gasteiger partial charge is 0.496 e. The normalized spacial score (nSPS) is 10.3. The molecule has 0 fully saturated rings. The molecule has 0 saturated carbocycles. The first-order valence-electron chi connectivity index (χ1n) is 5.03. The third-order valence-electron chi connectivity index (χ3n) is 2.33. The van der Waals surface area contributed by atoms with E-state index in [1.54, 1.807) is 18.0 Å². The number of nitrogens with two attached hydrogens (primary N) is 1. The predicted molar refractivity (Wildman–Crippen MR) is 57.8 cm³/mol. The van der Waals surface area contributed by atoms with Crippen molar-refractivity contribution < 1.29 is 13.9 Å². The van der Waals surface area contributed by atoms with Gasteiger partial charge in [-0.15, -0.1) is 0 Å². The zero-order valence-electron chi connectivity index (χ0n) is 9.09. The molecule has 0 unspecified atom stereocenters. The topological polar surface area (TPSA) is 65.2 Å². The molecule has 5 nitrogen and oxygen atoms in total. The Hall–Kier alpha value is -2.04. The Morgan fingerprint density at radius 2 is 2.25 bits per heavy atom. The molecule has 1 aromatic carbocycles. The van der Waals surface area contributed by atoms with E-state index in [4.69, 9.17) is 15.0 Å². The third-order valence-corrected chi connectivity index (χ3v) is 2.33. The molecule has 16 heavy (non-hydrogen) atoms. The summed E-state index contributed by atoms with van der Waals surface area (Å²) in [6.07, 6.45) is 2.48. The molecular weight excluding hydrogens is 206 g/mol. The number of aromatic nitrogens is 2. The van der Waals surface area contributed by atoms with E-state index in [-0.39, 0.29) is 0 Å². The molecule has 84 valence electrons. The second-order valence-corrected chi connectivity index (χ2v) is 3.43. The second-order valence-electron chi connectivity index (χ2n) is 3.43. The van der Waals surface area contributed by atoms with Crippen LogP contribution in [-0.4, -0.2) is 12.4 Å². The molecule has 0 spiro atoms. The highest BCUT2D eigenvalue weighted by molar-refractivity contribution is 5.32. The Balaban J connectivity index is 2.04. The van der Waals surface area contributed by atoms with Gasteiger partial charge in [0, 0.05) is 12.0 Å². The standard InChI is InChI=1S/C11H14N3O2/c1-15-10-5-3-2-4-9(10)6-7-14-8-11(12)16-13-14/h2-5,8H,6-7,12H2,1H3/q+1. The molecule has 1 aromatic heterocycles. The maximum atomic E-state index is 5.43. The first-order valence-corrected chi connectivity index (χ1v) is 5.03. The van der Waals surface area contributed by atoms with E-state index in [9.17, 15) is 0 Å². The molecule has 0 aliphatic carbocycles. The fourth-order valence-corrected chi connectivity index (χ4v) is 1.54. The maximum absolute atomic E-state index is 5.43. The van der Waals surface area contributed by atoms with Crippen LogP contribution < -0.4 is 15.2 Å². The summed E-state index contributed by atoms with van der Waals surface area (Å²) in [6, 6.07) is 7.91. The van der Waals surface area contributed by atoms with Crippen molar-refractivity contribution in [3.05, 3.63) is 36.0 Å². The number of hydrogen-bond donors (Lipinski definition) is 1. The van der Waals surface area contributed by atoms with Crippen molar-refractivity contribution in [2.45, 2.75) is 13.0 Å². The number of para-hydroxylation sites is 1. The zero-order chi connectivity index (χ0) is 11.4. The SMILES string of the molecule is COc1ccccc1CC[n+]1cc(N)on1. The second kappa shape index (κ2) is 4.65. The minimum Gasteiger partial charge on any atom is -0.496 e. The number of anilines is 1. The lowest BCUT2D eigenvalue weighted by Crippen LogP contribution is -2.35. The van der Waals surface area contributed by atoms with Gasteiger partial charge in [-0.3, -0.25) is 4.52 Å². The van der Waals surface area contributed by atoms with Gasteiger partial charge in [0.25, 0.3) is 12.1 Å². The van der Waals surface area contributed by atoms with Crippen LogP contribution in [-0.2, 0) is 13.0 Å². The summed E-state index contributed by atoms with van der Waals surface area (Å²) in [6.45, 7) is 0.709. The smallest absolute Gasteiger partial charge is 0.293 e. The summed E-state index contributed by atoms with van der Waals surface area (Å²) in [7, 11) is 1.67. The van der Waals surface area contributed by atoms with E-state index in [2.05, 4.69) is 5.27 Å². The van der Waals surface area contributed by atoms with Crippen molar-refractivity contribution in [2.24, 2.45) is 0 Å². The van der Waals surface area contributed by atoms with Gasteiger partial charge in [0.05, 0.1) is 7.11 Å². The van der Waals surface area contributed by atoms with E-state index in [1.165, 1.54) is 0 Å². The lowest BCUT2D eigenvalue weighted by Gasteiger charge is -2.04. The van der Waals surface area contributed by atoms with E-state index in [0.29, 0.717) is 12.4 Å². The lowest BCUT2D eigenvalue weighted by atomic mass is 10.1. The average Bonchev–Trinajstić information content (AvgIpc) is 2.73. The summed E-state index contributed by atoms with van der Waals surface area (Å²) in [5.74, 6) is 1.21. The highest BCUT2D eigenvalue weighted by Crippen LogP contribution is 2.17. The first-order chi connectivity index (χ1) is 7.79. The average molecular weight is 220 g/mol. The van der Waals surface area contributed by atoms with Crippen molar-refractivity contribution in [1.29, 1.82) is 0 Å². The monoisotopic (exact) mass is 220 g/mol. The minimum absolute atomic E-state index is 0.319. The van der Waals surface area contributed by atoms with Gasteiger partial charge in [-0.05, 0) is 6.07 Å². The molecule has 0 radical (unpaired) electrons. The van der Waals surface area contributed by atoms with Gasteiger partial charge < -0.3 is 10.5 Å². The van der Waals surface area contributed by atoms with Crippen molar-refractivity contribution in [3.8, 4) is 5.75 Å². The van der Waals surface area contributed by atoms with Crippen molar-refractivity contribution in [1.82, 2.24) is 5.27 Å². The molecular formula is C11H14N3O2+. The molecule has 2 rings (SSSR count). The summed E-state index contributed by atoms with van der Waals surface area (Å²) >= 11 is 0. The highest BCUT2D eigenvalue weighted by atomic mass is 16.5. The Bertz CT molecular complexity index is 468. The van der Waals surface area contributed by atoms with Crippen LogP contribution in [0, 0.1) is 0 Å². The number of benzene rings is 1. The Kier molecular flexibility index (Phi) is 3.05. The van der Waals surface area contributed by atoms with Crippen LogP contribution in [0.3, 0.4) is 0 Å². The van der Waals surface area contributed by atoms with Crippen LogP contribution in [0.25, 0.3) is 0 Å². The number of aryl methyl sites for hydroxylation is 2. The molecule has 0 amide bonds. The van der Waals surface area contributed by atoms with Gasteiger partial charge in [-0.2, -0.15) is 0 Å². The quantitative estimate of drug-likeness (QED) is 0.774. The number of ether oxygens (including phenoxy) is 1.